The maximum Gasteiger partial charge on any atom is 0.338 e. The molecule has 0 saturated heterocycles. The summed E-state index contributed by atoms with van der Waals surface area (Å²) in [4.78, 5) is 13.2. The number of rotatable bonds is 9. The molecule has 1 N–H and O–H groups in total. The molecule has 0 aromatic heterocycles. The van der Waals surface area contributed by atoms with E-state index < -0.39 is 11.6 Å². The predicted octanol–water partition coefficient (Wildman–Crippen LogP) is -0.495. The molecule has 6 heteroatoms. The molecular weight excluding hydrogens is 226 g/mol. The molecule has 0 bridgehead atoms. The molecule has 6 nitrogen and oxygen atoms in total. The van der Waals surface area contributed by atoms with E-state index in [1.54, 1.807) is 14.2 Å². The van der Waals surface area contributed by atoms with Gasteiger partial charge in [0.15, 0.2) is 5.60 Å². The summed E-state index contributed by atoms with van der Waals surface area (Å²) in [5.41, 5.74) is -1.52. The average Bonchev–Trinajstić information content (AvgIpc) is 2.31. The largest absolute Gasteiger partial charge is 0.467 e. The van der Waals surface area contributed by atoms with Gasteiger partial charge in [-0.25, -0.2) is 4.79 Å². The van der Waals surface area contributed by atoms with E-state index in [-0.39, 0.29) is 6.54 Å². The molecule has 0 heterocycles. The molecule has 1 unspecified atom stereocenters. The average molecular weight is 249 g/mol. The fourth-order valence-electron chi connectivity index (χ4n) is 1.43. The molecule has 0 aliphatic carbocycles. The molecule has 0 radical (unpaired) electrons. The van der Waals surface area contributed by atoms with Gasteiger partial charge in [-0.3, -0.25) is 4.90 Å². The zero-order chi connectivity index (χ0) is 13.3. The molecule has 0 rings (SSSR count). The van der Waals surface area contributed by atoms with Crippen LogP contribution in [0, 0.1) is 0 Å². The van der Waals surface area contributed by atoms with Gasteiger partial charge in [0.05, 0.1) is 20.3 Å². The third-order valence-corrected chi connectivity index (χ3v) is 2.38. The van der Waals surface area contributed by atoms with Gasteiger partial charge in [0.25, 0.3) is 0 Å². The Hall–Kier alpha value is -0.690. The SMILES string of the molecule is COCCN(CCOC)CC(C)(O)C(=O)OC. The summed E-state index contributed by atoms with van der Waals surface area (Å²) < 4.78 is 14.5. The standard InChI is InChI=1S/C11H23NO5/c1-11(14,10(13)17-4)9-12(5-7-15-2)6-8-16-3/h14H,5-9H2,1-4H3. The molecule has 1 atom stereocenters. The summed E-state index contributed by atoms with van der Waals surface area (Å²) >= 11 is 0. The Morgan fingerprint density at radius 1 is 1.18 bits per heavy atom. The first-order chi connectivity index (χ1) is 7.97. The van der Waals surface area contributed by atoms with Crippen molar-refractivity contribution in [3.63, 3.8) is 0 Å². The van der Waals surface area contributed by atoms with Crippen LogP contribution in [0.4, 0.5) is 0 Å². The van der Waals surface area contributed by atoms with Crippen molar-refractivity contribution in [2.75, 3.05) is 54.2 Å². The summed E-state index contributed by atoms with van der Waals surface area (Å²) in [5.74, 6) is -0.641. The van der Waals surface area contributed by atoms with Gasteiger partial charge < -0.3 is 19.3 Å². The lowest BCUT2D eigenvalue weighted by atomic mass is 10.1. The van der Waals surface area contributed by atoms with Crippen LogP contribution >= 0.6 is 0 Å². The second-order valence-corrected chi connectivity index (χ2v) is 4.03. The van der Waals surface area contributed by atoms with Crippen molar-refractivity contribution in [3.8, 4) is 0 Å². The van der Waals surface area contributed by atoms with Gasteiger partial charge in [-0.2, -0.15) is 0 Å². The van der Waals surface area contributed by atoms with E-state index in [1.165, 1.54) is 14.0 Å². The maximum atomic E-state index is 11.4. The van der Waals surface area contributed by atoms with Gasteiger partial charge >= 0.3 is 5.97 Å². The van der Waals surface area contributed by atoms with Crippen molar-refractivity contribution >= 4 is 5.97 Å². The predicted molar refractivity (Wildman–Crippen MR) is 62.8 cm³/mol. The van der Waals surface area contributed by atoms with Crippen molar-refractivity contribution in [1.82, 2.24) is 4.90 Å². The van der Waals surface area contributed by atoms with Crippen LogP contribution in [0.25, 0.3) is 0 Å². The van der Waals surface area contributed by atoms with Crippen molar-refractivity contribution in [3.05, 3.63) is 0 Å². The van der Waals surface area contributed by atoms with Gasteiger partial charge in [0.2, 0.25) is 0 Å². The molecule has 0 aromatic carbocycles. The smallest absolute Gasteiger partial charge is 0.338 e. The Morgan fingerprint density at radius 3 is 2.00 bits per heavy atom. The Balaban J connectivity index is 4.33. The highest BCUT2D eigenvalue weighted by atomic mass is 16.5. The van der Waals surface area contributed by atoms with Gasteiger partial charge in [-0.05, 0) is 6.92 Å². The van der Waals surface area contributed by atoms with Crippen LogP contribution < -0.4 is 0 Å². The Kier molecular flexibility index (Phi) is 8.07. The quantitative estimate of drug-likeness (QED) is 0.556. The topological polar surface area (TPSA) is 68.2 Å². The fourth-order valence-corrected chi connectivity index (χ4v) is 1.43. The van der Waals surface area contributed by atoms with Gasteiger partial charge in [0, 0.05) is 33.9 Å². The van der Waals surface area contributed by atoms with Crippen LogP contribution in [0.1, 0.15) is 6.92 Å². The molecule has 0 spiro atoms. The molecule has 0 saturated carbocycles. The molecule has 17 heavy (non-hydrogen) atoms. The normalized spacial score (nSPS) is 14.7. The van der Waals surface area contributed by atoms with Crippen LogP contribution in [0.3, 0.4) is 0 Å². The number of carbonyl (C=O) groups excluding carboxylic acids is 1. The van der Waals surface area contributed by atoms with Crippen LogP contribution in [-0.4, -0.2) is 75.8 Å². The van der Waals surface area contributed by atoms with Crippen LogP contribution in [0.5, 0.6) is 0 Å². The van der Waals surface area contributed by atoms with Crippen molar-refractivity contribution in [2.24, 2.45) is 0 Å². The van der Waals surface area contributed by atoms with Crippen molar-refractivity contribution in [1.29, 1.82) is 0 Å². The Bertz CT molecular complexity index is 212. The highest BCUT2D eigenvalue weighted by molar-refractivity contribution is 5.78. The summed E-state index contributed by atoms with van der Waals surface area (Å²) in [6.45, 7) is 3.92. The van der Waals surface area contributed by atoms with Crippen LogP contribution in [-0.2, 0) is 19.0 Å². The molecule has 0 aliphatic heterocycles. The number of methoxy groups -OCH3 is 3. The third kappa shape index (κ3) is 6.58. The first kappa shape index (κ1) is 16.3. The number of carbonyl (C=O) groups is 1. The lowest BCUT2D eigenvalue weighted by Crippen LogP contribution is -2.49. The number of hydrogen-bond donors (Lipinski definition) is 1. The summed E-state index contributed by atoms with van der Waals surface area (Å²) in [6, 6.07) is 0. The van der Waals surface area contributed by atoms with Gasteiger partial charge in [-0.1, -0.05) is 0 Å². The number of aliphatic hydroxyl groups is 1. The van der Waals surface area contributed by atoms with Crippen molar-refractivity contribution < 1.29 is 24.1 Å². The second kappa shape index (κ2) is 8.41. The molecule has 102 valence electrons. The van der Waals surface area contributed by atoms with Crippen molar-refractivity contribution in [2.45, 2.75) is 12.5 Å². The van der Waals surface area contributed by atoms with Gasteiger partial charge in [-0.15, -0.1) is 0 Å². The minimum Gasteiger partial charge on any atom is -0.467 e. The summed E-state index contributed by atoms with van der Waals surface area (Å²) in [6.07, 6.45) is 0. The van der Waals surface area contributed by atoms with Crippen LogP contribution in [0.15, 0.2) is 0 Å². The maximum absolute atomic E-state index is 11.4. The van der Waals surface area contributed by atoms with E-state index >= 15 is 0 Å². The Morgan fingerprint density at radius 2 is 1.65 bits per heavy atom. The Labute approximate surface area is 102 Å². The lowest BCUT2D eigenvalue weighted by Gasteiger charge is -2.29. The number of hydrogen-bond acceptors (Lipinski definition) is 6. The van der Waals surface area contributed by atoms with E-state index in [9.17, 15) is 9.90 Å². The first-order valence-corrected chi connectivity index (χ1v) is 5.49. The summed E-state index contributed by atoms with van der Waals surface area (Å²) in [5, 5.41) is 9.95. The first-order valence-electron chi connectivity index (χ1n) is 5.49. The number of ether oxygens (including phenoxy) is 3. The van der Waals surface area contributed by atoms with E-state index in [1.807, 2.05) is 4.90 Å². The van der Waals surface area contributed by atoms with Gasteiger partial charge in [0.1, 0.15) is 0 Å². The van der Waals surface area contributed by atoms with Crippen LogP contribution in [0.2, 0.25) is 0 Å². The fraction of sp³-hybridized carbons (Fsp3) is 0.909. The minimum absolute atomic E-state index is 0.187. The number of esters is 1. The third-order valence-electron chi connectivity index (χ3n) is 2.38. The minimum atomic E-state index is -1.52. The molecule has 0 fully saturated rings. The van der Waals surface area contributed by atoms with E-state index in [2.05, 4.69) is 4.74 Å². The lowest BCUT2D eigenvalue weighted by molar-refractivity contribution is -0.162. The highest BCUT2D eigenvalue weighted by Gasteiger charge is 2.33. The summed E-state index contributed by atoms with van der Waals surface area (Å²) in [7, 11) is 4.46. The number of nitrogens with zero attached hydrogens (tertiary/aromatic N) is 1. The molecular formula is C11H23NO5. The zero-order valence-corrected chi connectivity index (χ0v) is 11.1. The van der Waals surface area contributed by atoms with E-state index in [0.717, 1.165) is 0 Å². The molecule has 0 amide bonds. The van der Waals surface area contributed by atoms with E-state index in [0.29, 0.717) is 26.3 Å². The van der Waals surface area contributed by atoms with E-state index in [4.69, 9.17) is 9.47 Å². The monoisotopic (exact) mass is 249 g/mol. The second-order valence-electron chi connectivity index (χ2n) is 4.03. The molecule has 0 aromatic rings. The highest BCUT2D eigenvalue weighted by Crippen LogP contribution is 2.08. The zero-order valence-electron chi connectivity index (χ0n) is 11.1. The molecule has 0 aliphatic rings.